The molecule has 3 aromatic carbocycles. The molecule has 0 saturated heterocycles. The van der Waals surface area contributed by atoms with Crippen LogP contribution < -0.4 is 25.4 Å². The highest BCUT2D eigenvalue weighted by atomic mass is 16.5. The van der Waals surface area contributed by atoms with Crippen molar-refractivity contribution < 1.29 is 19.1 Å². The molecule has 4 rings (SSSR count). The molecule has 158 valence electrons. The molecule has 0 saturated carbocycles. The van der Waals surface area contributed by atoms with Gasteiger partial charge in [-0.15, -0.1) is 0 Å². The number of ether oxygens (including phenoxy) is 2. The van der Waals surface area contributed by atoms with Gasteiger partial charge in [-0.25, -0.2) is 0 Å². The van der Waals surface area contributed by atoms with Crippen LogP contribution in [0.2, 0.25) is 0 Å². The first-order chi connectivity index (χ1) is 15.1. The molecule has 3 aromatic rings. The number of amides is 2. The number of fused-ring (bicyclic) bond motifs is 1. The Morgan fingerprint density at radius 1 is 0.968 bits per heavy atom. The molecule has 0 aromatic heterocycles. The van der Waals surface area contributed by atoms with Gasteiger partial charge in [0.15, 0.2) is 6.61 Å². The molecule has 0 spiro atoms. The third-order valence-electron chi connectivity index (χ3n) is 4.93. The fourth-order valence-corrected chi connectivity index (χ4v) is 3.52. The Hall–Kier alpha value is -4.00. The monoisotopic (exact) mass is 417 g/mol. The van der Waals surface area contributed by atoms with Crippen molar-refractivity contribution in [1.29, 1.82) is 0 Å². The van der Waals surface area contributed by atoms with E-state index in [0.717, 1.165) is 22.7 Å². The third kappa shape index (κ3) is 4.30. The molecule has 0 radical (unpaired) electrons. The van der Waals surface area contributed by atoms with Crippen LogP contribution >= 0.6 is 0 Å². The molecule has 1 aliphatic rings. The van der Waals surface area contributed by atoms with Gasteiger partial charge in [0.2, 0.25) is 0 Å². The minimum Gasteiger partial charge on any atom is -0.494 e. The standard InChI is InChI=1S/C24H23N3O4/c1-2-30-18-13-9-17(10-14-18)27-23(26-21-6-4-3-5-20(21)24(27)29)16-7-11-19(12-8-16)31-15-22(25)28/h3-14,23,26H,2,15H2,1H3,(H2,25,28). The van der Waals surface area contributed by atoms with Crippen molar-refractivity contribution in [3.63, 3.8) is 0 Å². The molecule has 0 fully saturated rings. The van der Waals surface area contributed by atoms with Gasteiger partial charge in [0.05, 0.1) is 12.2 Å². The summed E-state index contributed by atoms with van der Waals surface area (Å²) in [5.74, 6) is 0.633. The van der Waals surface area contributed by atoms with Gasteiger partial charge >= 0.3 is 0 Å². The van der Waals surface area contributed by atoms with E-state index in [1.165, 1.54) is 0 Å². The van der Waals surface area contributed by atoms with E-state index >= 15 is 0 Å². The van der Waals surface area contributed by atoms with Crippen molar-refractivity contribution in [2.45, 2.75) is 13.1 Å². The van der Waals surface area contributed by atoms with Crippen LogP contribution in [0.1, 0.15) is 29.0 Å². The normalized spacial score (nSPS) is 15.1. The number of hydrogen-bond acceptors (Lipinski definition) is 5. The molecule has 3 N–H and O–H groups in total. The maximum absolute atomic E-state index is 13.4. The first-order valence-electron chi connectivity index (χ1n) is 10.00. The summed E-state index contributed by atoms with van der Waals surface area (Å²) in [6.45, 7) is 2.31. The van der Waals surface area contributed by atoms with Gasteiger partial charge in [0.25, 0.3) is 11.8 Å². The van der Waals surface area contributed by atoms with Crippen molar-refractivity contribution in [3.8, 4) is 11.5 Å². The number of primary amides is 1. The Labute approximate surface area is 180 Å². The minimum atomic E-state index is -0.540. The van der Waals surface area contributed by atoms with Gasteiger partial charge in [0, 0.05) is 11.4 Å². The van der Waals surface area contributed by atoms with Crippen molar-refractivity contribution in [3.05, 3.63) is 83.9 Å². The van der Waals surface area contributed by atoms with Gasteiger partial charge in [-0.1, -0.05) is 24.3 Å². The molecule has 0 bridgehead atoms. The smallest absolute Gasteiger partial charge is 0.262 e. The van der Waals surface area contributed by atoms with Crippen LogP contribution in [0.25, 0.3) is 0 Å². The van der Waals surface area contributed by atoms with Crippen molar-refractivity contribution >= 4 is 23.2 Å². The number of nitrogens with two attached hydrogens (primary N) is 1. The molecule has 0 aliphatic carbocycles. The third-order valence-corrected chi connectivity index (χ3v) is 4.93. The second kappa shape index (κ2) is 8.79. The summed E-state index contributed by atoms with van der Waals surface area (Å²) in [4.78, 5) is 26.1. The first kappa shape index (κ1) is 20.3. The SMILES string of the molecule is CCOc1ccc(N2C(=O)c3ccccc3NC2c2ccc(OCC(N)=O)cc2)cc1. The Bertz CT molecular complexity index is 1080. The summed E-state index contributed by atoms with van der Waals surface area (Å²) in [6, 6.07) is 22.1. The molecule has 7 nitrogen and oxygen atoms in total. The van der Waals surface area contributed by atoms with Gasteiger partial charge in [-0.05, 0) is 61.0 Å². The van der Waals surface area contributed by atoms with Gasteiger partial charge < -0.3 is 20.5 Å². The number of anilines is 2. The van der Waals surface area contributed by atoms with E-state index in [0.29, 0.717) is 17.9 Å². The molecule has 31 heavy (non-hydrogen) atoms. The summed E-state index contributed by atoms with van der Waals surface area (Å²) < 4.78 is 10.9. The minimum absolute atomic E-state index is 0.0995. The van der Waals surface area contributed by atoms with E-state index in [2.05, 4.69) is 5.32 Å². The summed E-state index contributed by atoms with van der Waals surface area (Å²) >= 11 is 0. The predicted molar refractivity (Wildman–Crippen MR) is 118 cm³/mol. The van der Waals surface area contributed by atoms with Crippen molar-refractivity contribution in [2.75, 3.05) is 23.4 Å². The Kier molecular flexibility index (Phi) is 5.75. The van der Waals surface area contributed by atoms with Crippen LogP contribution in [0.15, 0.2) is 72.8 Å². The molecule has 1 aliphatic heterocycles. The second-order valence-corrected chi connectivity index (χ2v) is 7.02. The molecule has 1 unspecified atom stereocenters. The fraction of sp³-hybridized carbons (Fsp3) is 0.167. The van der Waals surface area contributed by atoms with Crippen LogP contribution in [0.4, 0.5) is 11.4 Å². The number of carbonyl (C=O) groups excluding carboxylic acids is 2. The topological polar surface area (TPSA) is 93.9 Å². The highest BCUT2D eigenvalue weighted by Crippen LogP contribution is 2.37. The van der Waals surface area contributed by atoms with Crippen LogP contribution in [-0.4, -0.2) is 25.0 Å². The van der Waals surface area contributed by atoms with E-state index < -0.39 is 12.1 Å². The lowest BCUT2D eigenvalue weighted by Crippen LogP contribution is -2.43. The zero-order valence-corrected chi connectivity index (χ0v) is 17.1. The van der Waals surface area contributed by atoms with Gasteiger partial charge in [-0.2, -0.15) is 0 Å². The molecular formula is C24H23N3O4. The number of rotatable bonds is 7. The zero-order valence-electron chi connectivity index (χ0n) is 17.1. The molecule has 2 amide bonds. The molecular weight excluding hydrogens is 394 g/mol. The predicted octanol–water partition coefficient (Wildman–Crippen LogP) is 3.72. The van der Waals surface area contributed by atoms with Crippen molar-refractivity contribution in [2.24, 2.45) is 5.73 Å². The molecule has 7 heteroatoms. The highest BCUT2D eigenvalue weighted by molar-refractivity contribution is 6.12. The number of carbonyl (C=O) groups is 2. The second-order valence-electron chi connectivity index (χ2n) is 7.02. The Morgan fingerprint density at radius 3 is 2.29 bits per heavy atom. The summed E-state index contributed by atoms with van der Waals surface area (Å²) in [5.41, 5.74) is 8.12. The van der Waals surface area contributed by atoms with Gasteiger partial charge in [0.1, 0.15) is 17.7 Å². The van der Waals surface area contributed by atoms with Crippen LogP contribution in [0.3, 0.4) is 0 Å². The summed E-state index contributed by atoms with van der Waals surface area (Å²) in [6.07, 6.45) is -0.425. The Balaban J connectivity index is 1.69. The average molecular weight is 417 g/mol. The molecule has 1 heterocycles. The number of benzene rings is 3. The van der Waals surface area contributed by atoms with Crippen molar-refractivity contribution in [1.82, 2.24) is 0 Å². The lowest BCUT2D eigenvalue weighted by molar-refractivity contribution is -0.119. The zero-order chi connectivity index (χ0) is 21.8. The van der Waals surface area contributed by atoms with Gasteiger partial charge in [-0.3, -0.25) is 14.5 Å². The van der Waals surface area contributed by atoms with E-state index in [9.17, 15) is 9.59 Å². The van der Waals surface area contributed by atoms with E-state index in [1.807, 2.05) is 67.6 Å². The van der Waals surface area contributed by atoms with E-state index in [4.69, 9.17) is 15.2 Å². The lowest BCUT2D eigenvalue weighted by atomic mass is 10.0. The van der Waals surface area contributed by atoms with Crippen LogP contribution in [-0.2, 0) is 4.79 Å². The number of para-hydroxylation sites is 1. The summed E-state index contributed by atoms with van der Waals surface area (Å²) in [7, 11) is 0. The Morgan fingerprint density at radius 2 is 1.61 bits per heavy atom. The number of nitrogens with zero attached hydrogens (tertiary/aromatic N) is 1. The number of hydrogen-bond donors (Lipinski definition) is 2. The maximum Gasteiger partial charge on any atom is 0.262 e. The summed E-state index contributed by atoms with van der Waals surface area (Å²) in [5, 5.41) is 3.46. The average Bonchev–Trinajstić information content (AvgIpc) is 2.79. The maximum atomic E-state index is 13.4. The quantitative estimate of drug-likeness (QED) is 0.611. The first-order valence-corrected chi connectivity index (χ1v) is 10.00. The number of nitrogens with one attached hydrogen (secondary N) is 1. The highest BCUT2D eigenvalue weighted by Gasteiger charge is 2.34. The fourth-order valence-electron chi connectivity index (χ4n) is 3.52. The van der Waals surface area contributed by atoms with E-state index in [-0.39, 0.29) is 12.5 Å². The van der Waals surface area contributed by atoms with Crippen LogP contribution in [0.5, 0.6) is 11.5 Å². The lowest BCUT2D eigenvalue weighted by Gasteiger charge is -2.38. The van der Waals surface area contributed by atoms with E-state index in [1.54, 1.807) is 17.0 Å². The molecule has 1 atom stereocenters. The largest absolute Gasteiger partial charge is 0.494 e. The van der Waals surface area contributed by atoms with Crippen LogP contribution in [0, 0.1) is 0 Å².